The molecular weight excluding hydrogens is 412 g/mol. The van der Waals surface area contributed by atoms with Gasteiger partial charge in [0.2, 0.25) is 5.91 Å². The molecule has 8 nitrogen and oxygen atoms in total. The van der Waals surface area contributed by atoms with Gasteiger partial charge < -0.3 is 15.2 Å². The van der Waals surface area contributed by atoms with E-state index in [1.54, 1.807) is 11.3 Å². The molecule has 2 N–H and O–H groups in total. The normalized spacial score (nSPS) is 17.6. The molecule has 10 heteroatoms. The quantitative estimate of drug-likeness (QED) is 0.549. The number of nitrogens with one attached hydrogen (secondary N) is 1. The average Bonchev–Trinajstić information content (AvgIpc) is 3.41. The number of hydrogen-bond acceptors (Lipinski definition) is 7. The second-order valence-corrected chi connectivity index (χ2v) is 9.30. The highest BCUT2D eigenvalue weighted by Gasteiger charge is 2.24. The zero-order valence-electron chi connectivity index (χ0n) is 16.5. The van der Waals surface area contributed by atoms with Gasteiger partial charge in [-0.1, -0.05) is 31.7 Å². The van der Waals surface area contributed by atoms with Crippen LogP contribution in [0.25, 0.3) is 10.7 Å². The van der Waals surface area contributed by atoms with Crippen LogP contribution in [0, 0.1) is 5.92 Å². The molecule has 0 aromatic carbocycles. The van der Waals surface area contributed by atoms with Gasteiger partial charge in [-0.3, -0.25) is 9.36 Å². The number of aromatic nitrogens is 3. The van der Waals surface area contributed by atoms with Crippen molar-refractivity contribution in [1.82, 2.24) is 20.1 Å². The molecule has 1 saturated heterocycles. The number of nitrogens with zero attached hydrogens (tertiary/aromatic N) is 3. The summed E-state index contributed by atoms with van der Waals surface area (Å²) in [5.74, 6) is -0.324. The minimum Gasteiger partial charge on any atom is -0.480 e. The van der Waals surface area contributed by atoms with Crippen LogP contribution in [-0.4, -0.2) is 56.3 Å². The highest BCUT2D eigenvalue weighted by atomic mass is 32.2. The smallest absolute Gasteiger partial charge is 0.326 e. The summed E-state index contributed by atoms with van der Waals surface area (Å²) in [6.07, 6.45) is 2.53. The van der Waals surface area contributed by atoms with Crippen molar-refractivity contribution in [2.45, 2.75) is 57.0 Å². The van der Waals surface area contributed by atoms with E-state index in [0.29, 0.717) is 18.1 Å². The Balaban J connectivity index is 1.68. The highest BCUT2D eigenvalue weighted by molar-refractivity contribution is 7.99. The van der Waals surface area contributed by atoms with Crippen molar-refractivity contribution in [1.29, 1.82) is 0 Å². The van der Waals surface area contributed by atoms with E-state index in [9.17, 15) is 14.7 Å². The number of rotatable bonds is 10. The molecule has 0 aliphatic carbocycles. The second-order valence-electron chi connectivity index (χ2n) is 7.41. The summed E-state index contributed by atoms with van der Waals surface area (Å²) in [5, 5.41) is 23.1. The van der Waals surface area contributed by atoms with E-state index in [1.165, 1.54) is 11.8 Å². The molecule has 29 heavy (non-hydrogen) atoms. The van der Waals surface area contributed by atoms with E-state index in [2.05, 4.69) is 15.5 Å². The lowest BCUT2D eigenvalue weighted by atomic mass is 10.0. The van der Waals surface area contributed by atoms with Crippen LogP contribution in [0.3, 0.4) is 0 Å². The summed E-state index contributed by atoms with van der Waals surface area (Å²) in [5.41, 5.74) is 0. The van der Waals surface area contributed by atoms with Crippen LogP contribution in [0.1, 0.15) is 33.1 Å². The average molecular weight is 439 g/mol. The molecule has 0 radical (unpaired) electrons. The summed E-state index contributed by atoms with van der Waals surface area (Å²) in [7, 11) is 0. The Morgan fingerprint density at radius 2 is 2.28 bits per heavy atom. The van der Waals surface area contributed by atoms with Gasteiger partial charge in [0, 0.05) is 6.61 Å². The predicted octanol–water partition coefficient (Wildman–Crippen LogP) is 2.89. The van der Waals surface area contributed by atoms with Gasteiger partial charge in [-0.15, -0.1) is 21.5 Å². The van der Waals surface area contributed by atoms with Crippen LogP contribution in [-0.2, 0) is 20.9 Å². The van der Waals surface area contributed by atoms with Crippen LogP contribution in [0.15, 0.2) is 22.7 Å². The van der Waals surface area contributed by atoms with E-state index in [4.69, 9.17) is 4.74 Å². The molecule has 2 aromatic heterocycles. The SMILES string of the molecule is CC(C)C[C@@H](NC(=O)CSc1nnc(-c2cccs2)n1C[C@H]1CCCO1)C(=O)O. The fourth-order valence-electron chi connectivity index (χ4n) is 3.20. The van der Waals surface area contributed by atoms with Crippen molar-refractivity contribution in [3.8, 4) is 10.7 Å². The number of carbonyl (C=O) groups excluding carboxylic acids is 1. The van der Waals surface area contributed by atoms with Crippen molar-refractivity contribution in [3.63, 3.8) is 0 Å². The number of carboxylic acids is 1. The first-order chi connectivity index (χ1) is 13.9. The molecule has 1 aliphatic rings. The zero-order chi connectivity index (χ0) is 20.8. The molecule has 1 fully saturated rings. The fraction of sp³-hybridized carbons (Fsp3) is 0.579. The molecule has 0 spiro atoms. The standard InChI is InChI=1S/C19H26N4O4S2/c1-12(2)9-14(18(25)26)20-16(24)11-29-19-22-21-17(15-6-4-8-28-15)23(19)10-13-5-3-7-27-13/h4,6,8,12-14H,3,5,7,9-11H2,1-2H3,(H,20,24)(H,25,26)/t13-,14-/m1/s1. The highest BCUT2D eigenvalue weighted by Crippen LogP contribution is 2.29. The number of aliphatic carboxylic acids is 1. The van der Waals surface area contributed by atoms with Crippen molar-refractivity contribution in [2.75, 3.05) is 12.4 Å². The summed E-state index contributed by atoms with van der Waals surface area (Å²) < 4.78 is 7.77. The number of carboxylic acid groups (broad SMARTS) is 1. The van der Waals surface area contributed by atoms with Gasteiger partial charge in [-0.05, 0) is 36.6 Å². The molecular formula is C19H26N4O4S2. The Labute approximate surface area is 178 Å². The maximum atomic E-state index is 12.3. The lowest BCUT2D eigenvalue weighted by Gasteiger charge is -2.17. The topological polar surface area (TPSA) is 106 Å². The summed E-state index contributed by atoms with van der Waals surface area (Å²) in [4.78, 5) is 24.7. The summed E-state index contributed by atoms with van der Waals surface area (Å²) in [6, 6.07) is 3.08. The molecule has 158 valence electrons. The molecule has 3 rings (SSSR count). The molecule has 1 aliphatic heterocycles. The maximum Gasteiger partial charge on any atom is 0.326 e. The van der Waals surface area contributed by atoms with Crippen LogP contribution < -0.4 is 5.32 Å². The van der Waals surface area contributed by atoms with E-state index in [-0.39, 0.29) is 23.7 Å². The van der Waals surface area contributed by atoms with E-state index in [1.807, 2.05) is 35.9 Å². The molecule has 0 saturated carbocycles. The van der Waals surface area contributed by atoms with Gasteiger partial charge in [-0.25, -0.2) is 4.79 Å². The van der Waals surface area contributed by atoms with Crippen LogP contribution in [0.4, 0.5) is 0 Å². The predicted molar refractivity (Wildman–Crippen MR) is 112 cm³/mol. The number of thiophene rings is 1. The Morgan fingerprint density at radius 3 is 2.90 bits per heavy atom. The first-order valence-electron chi connectivity index (χ1n) is 9.67. The Bertz CT molecular complexity index is 816. The largest absolute Gasteiger partial charge is 0.480 e. The zero-order valence-corrected chi connectivity index (χ0v) is 18.2. The van der Waals surface area contributed by atoms with Crippen LogP contribution in [0.2, 0.25) is 0 Å². The number of ether oxygens (including phenoxy) is 1. The summed E-state index contributed by atoms with van der Waals surface area (Å²) in [6.45, 7) is 5.25. The van der Waals surface area contributed by atoms with Gasteiger partial charge in [0.15, 0.2) is 11.0 Å². The van der Waals surface area contributed by atoms with E-state index >= 15 is 0 Å². The third-order valence-corrected chi connectivity index (χ3v) is 6.37. The van der Waals surface area contributed by atoms with E-state index < -0.39 is 12.0 Å². The maximum absolute atomic E-state index is 12.3. The minimum atomic E-state index is -1.02. The Kier molecular flexibility index (Phi) is 7.68. The van der Waals surface area contributed by atoms with Gasteiger partial charge in [-0.2, -0.15) is 0 Å². The molecule has 3 heterocycles. The van der Waals surface area contributed by atoms with Gasteiger partial charge in [0.1, 0.15) is 6.04 Å². The monoisotopic (exact) mass is 438 g/mol. The molecule has 1 amide bonds. The number of carbonyl (C=O) groups is 2. The van der Waals surface area contributed by atoms with Crippen LogP contribution in [0.5, 0.6) is 0 Å². The molecule has 2 atom stereocenters. The van der Waals surface area contributed by atoms with Gasteiger partial charge in [0.05, 0.1) is 23.3 Å². The Morgan fingerprint density at radius 1 is 1.45 bits per heavy atom. The second kappa shape index (κ2) is 10.2. The van der Waals surface area contributed by atoms with Gasteiger partial charge in [0.25, 0.3) is 0 Å². The van der Waals surface area contributed by atoms with Crippen molar-refractivity contribution >= 4 is 35.0 Å². The lowest BCUT2D eigenvalue weighted by Crippen LogP contribution is -2.42. The first kappa shape index (κ1) is 21.8. The van der Waals surface area contributed by atoms with Crippen molar-refractivity contribution in [2.24, 2.45) is 5.92 Å². The summed E-state index contributed by atoms with van der Waals surface area (Å²) >= 11 is 2.85. The van der Waals surface area contributed by atoms with Crippen LogP contribution >= 0.6 is 23.1 Å². The third-order valence-electron chi connectivity index (χ3n) is 4.54. The molecule has 0 bridgehead atoms. The number of amides is 1. The minimum absolute atomic E-state index is 0.0793. The van der Waals surface area contributed by atoms with E-state index in [0.717, 1.165) is 30.2 Å². The van der Waals surface area contributed by atoms with Crippen molar-refractivity contribution in [3.05, 3.63) is 17.5 Å². The fourth-order valence-corrected chi connectivity index (χ4v) is 4.68. The molecule has 0 unspecified atom stereocenters. The third kappa shape index (κ3) is 6.03. The first-order valence-corrected chi connectivity index (χ1v) is 11.5. The number of thioether (sulfide) groups is 1. The molecule has 2 aromatic rings. The van der Waals surface area contributed by atoms with Gasteiger partial charge >= 0.3 is 5.97 Å². The lowest BCUT2D eigenvalue weighted by molar-refractivity contribution is -0.141. The Hall–Kier alpha value is -1.91. The van der Waals surface area contributed by atoms with Crippen molar-refractivity contribution < 1.29 is 19.4 Å². The number of hydrogen-bond donors (Lipinski definition) is 2.